The van der Waals surface area contributed by atoms with Crippen molar-refractivity contribution in [2.45, 2.75) is 19.9 Å². The van der Waals surface area contributed by atoms with Crippen LogP contribution in [-0.4, -0.2) is 19.1 Å². The summed E-state index contributed by atoms with van der Waals surface area (Å²) in [4.78, 5) is 4.07. The fourth-order valence-electron chi connectivity index (χ4n) is 2.37. The number of hydrogen-bond donors (Lipinski definition) is 1. The summed E-state index contributed by atoms with van der Waals surface area (Å²) in [6.07, 6.45) is 3.63. The molecule has 1 N–H and O–H groups in total. The zero-order valence-electron chi connectivity index (χ0n) is 11.9. The molecule has 1 aromatic heterocycles. The fourth-order valence-corrected chi connectivity index (χ4v) is 2.37. The van der Waals surface area contributed by atoms with E-state index < -0.39 is 0 Å². The maximum absolute atomic E-state index is 5.61. The van der Waals surface area contributed by atoms with Crippen LogP contribution in [0.25, 0.3) is 0 Å². The van der Waals surface area contributed by atoms with Crippen molar-refractivity contribution in [2.75, 3.05) is 14.2 Å². The Bertz CT molecular complexity index is 552. The Morgan fingerprint density at radius 2 is 1.79 bits per heavy atom. The van der Waals surface area contributed by atoms with Crippen LogP contribution in [0.2, 0.25) is 0 Å². The van der Waals surface area contributed by atoms with E-state index in [2.05, 4.69) is 36.3 Å². The summed E-state index contributed by atoms with van der Waals surface area (Å²) in [7, 11) is 3.68. The van der Waals surface area contributed by atoms with Crippen LogP contribution in [0.4, 0.5) is 0 Å². The van der Waals surface area contributed by atoms with Crippen molar-refractivity contribution in [2.24, 2.45) is 0 Å². The zero-order chi connectivity index (χ0) is 13.8. The van der Waals surface area contributed by atoms with Gasteiger partial charge in [-0.1, -0.05) is 12.1 Å². The monoisotopic (exact) mass is 256 g/mol. The summed E-state index contributed by atoms with van der Waals surface area (Å²) < 4.78 is 5.61. The van der Waals surface area contributed by atoms with Crippen molar-refractivity contribution in [3.63, 3.8) is 0 Å². The standard InChI is InChI=1S/C16H20N2O/c1-11-5-6-14(16(19-4)12(11)2)15(17-3)13-7-9-18-10-8-13/h5-10,15,17H,1-4H3. The van der Waals surface area contributed by atoms with Gasteiger partial charge in [-0.25, -0.2) is 0 Å². The average Bonchev–Trinajstić information content (AvgIpc) is 2.45. The van der Waals surface area contributed by atoms with Crippen molar-refractivity contribution >= 4 is 0 Å². The van der Waals surface area contributed by atoms with Crippen LogP contribution in [0.1, 0.15) is 28.3 Å². The molecule has 19 heavy (non-hydrogen) atoms. The maximum atomic E-state index is 5.61. The van der Waals surface area contributed by atoms with E-state index >= 15 is 0 Å². The van der Waals surface area contributed by atoms with Gasteiger partial charge in [0, 0.05) is 18.0 Å². The molecule has 3 heteroatoms. The number of nitrogens with zero attached hydrogens (tertiary/aromatic N) is 1. The molecule has 1 unspecified atom stereocenters. The Morgan fingerprint density at radius 3 is 2.37 bits per heavy atom. The van der Waals surface area contributed by atoms with Crippen molar-refractivity contribution < 1.29 is 4.74 Å². The normalized spacial score (nSPS) is 12.2. The second-order valence-corrected chi connectivity index (χ2v) is 4.63. The summed E-state index contributed by atoms with van der Waals surface area (Å²) in [5.74, 6) is 0.955. The number of pyridine rings is 1. The largest absolute Gasteiger partial charge is 0.496 e. The Balaban J connectivity index is 2.53. The van der Waals surface area contributed by atoms with E-state index in [4.69, 9.17) is 4.74 Å². The van der Waals surface area contributed by atoms with Gasteiger partial charge in [0.15, 0.2) is 0 Å². The first kappa shape index (κ1) is 13.6. The Kier molecular flexibility index (Phi) is 4.17. The number of methoxy groups -OCH3 is 1. The number of aromatic nitrogens is 1. The van der Waals surface area contributed by atoms with Gasteiger partial charge >= 0.3 is 0 Å². The summed E-state index contributed by atoms with van der Waals surface area (Å²) >= 11 is 0. The second kappa shape index (κ2) is 5.85. The fraction of sp³-hybridized carbons (Fsp3) is 0.312. The minimum absolute atomic E-state index is 0.109. The first-order valence-electron chi connectivity index (χ1n) is 6.40. The predicted molar refractivity (Wildman–Crippen MR) is 77.6 cm³/mol. The molecule has 1 atom stereocenters. The molecule has 100 valence electrons. The molecule has 0 saturated heterocycles. The van der Waals surface area contributed by atoms with Crippen molar-refractivity contribution in [1.29, 1.82) is 0 Å². The molecule has 0 saturated carbocycles. The van der Waals surface area contributed by atoms with Gasteiger partial charge in [-0.15, -0.1) is 0 Å². The highest BCUT2D eigenvalue weighted by Gasteiger charge is 2.18. The first-order chi connectivity index (χ1) is 9.19. The Morgan fingerprint density at radius 1 is 1.11 bits per heavy atom. The summed E-state index contributed by atoms with van der Waals surface area (Å²) in [5, 5.41) is 3.35. The topological polar surface area (TPSA) is 34.2 Å². The van der Waals surface area contributed by atoms with Gasteiger partial charge in [0.25, 0.3) is 0 Å². The number of benzene rings is 1. The van der Waals surface area contributed by atoms with Crippen molar-refractivity contribution in [3.8, 4) is 5.75 Å². The third-order valence-corrected chi connectivity index (χ3v) is 3.55. The number of aryl methyl sites for hydroxylation is 1. The van der Waals surface area contributed by atoms with Crippen molar-refractivity contribution in [3.05, 3.63) is 58.9 Å². The van der Waals surface area contributed by atoms with Crippen molar-refractivity contribution in [1.82, 2.24) is 10.3 Å². The first-order valence-corrected chi connectivity index (χ1v) is 6.40. The zero-order valence-corrected chi connectivity index (χ0v) is 11.9. The number of hydrogen-bond acceptors (Lipinski definition) is 3. The minimum Gasteiger partial charge on any atom is -0.496 e. The minimum atomic E-state index is 0.109. The molecule has 0 fully saturated rings. The smallest absolute Gasteiger partial charge is 0.127 e. The highest BCUT2D eigenvalue weighted by molar-refractivity contribution is 5.49. The molecule has 2 aromatic rings. The highest BCUT2D eigenvalue weighted by atomic mass is 16.5. The van der Waals surface area contributed by atoms with E-state index in [0.29, 0.717) is 0 Å². The molecular weight excluding hydrogens is 236 g/mol. The van der Waals surface area contributed by atoms with Gasteiger partial charge in [0.2, 0.25) is 0 Å². The van der Waals surface area contributed by atoms with Crippen LogP contribution in [0.15, 0.2) is 36.7 Å². The molecule has 0 aliphatic carbocycles. The van der Waals surface area contributed by atoms with Crippen LogP contribution < -0.4 is 10.1 Å². The van der Waals surface area contributed by atoms with Gasteiger partial charge in [-0.05, 0) is 49.7 Å². The van der Waals surface area contributed by atoms with E-state index in [1.165, 1.54) is 16.7 Å². The van der Waals surface area contributed by atoms with E-state index in [1.807, 2.05) is 31.6 Å². The SMILES string of the molecule is CNC(c1ccncc1)c1ccc(C)c(C)c1OC. The quantitative estimate of drug-likeness (QED) is 0.913. The number of ether oxygens (including phenoxy) is 1. The van der Waals surface area contributed by atoms with E-state index in [1.54, 1.807) is 7.11 Å². The van der Waals surface area contributed by atoms with Crippen LogP contribution in [0.5, 0.6) is 5.75 Å². The third-order valence-electron chi connectivity index (χ3n) is 3.55. The molecule has 1 aromatic carbocycles. The Hall–Kier alpha value is -1.87. The maximum Gasteiger partial charge on any atom is 0.127 e. The van der Waals surface area contributed by atoms with Gasteiger partial charge < -0.3 is 10.1 Å². The van der Waals surface area contributed by atoms with Gasteiger partial charge in [-0.2, -0.15) is 0 Å². The van der Waals surface area contributed by atoms with Gasteiger partial charge in [0.05, 0.1) is 13.2 Å². The molecule has 0 amide bonds. The molecule has 2 rings (SSSR count). The summed E-state index contributed by atoms with van der Waals surface area (Å²) in [6.45, 7) is 4.19. The molecule has 0 aliphatic heterocycles. The van der Waals surface area contributed by atoms with Crippen LogP contribution >= 0.6 is 0 Å². The average molecular weight is 256 g/mol. The number of nitrogens with one attached hydrogen (secondary N) is 1. The lowest BCUT2D eigenvalue weighted by molar-refractivity contribution is 0.402. The highest BCUT2D eigenvalue weighted by Crippen LogP contribution is 2.33. The number of rotatable bonds is 4. The lowest BCUT2D eigenvalue weighted by Crippen LogP contribution is -2.19. The Labute approximate surface area is 114 Å². The van der Waals surface area contributed by atoms with Crippen LogP contribution in [-0.2, 0) is 0 Å². The van der Waals surface area contributed by atoms with Gasteiger partial charge in [0.1, 0.15) is 5.75 Å². The predicted octanol–water partition coefficient (Wildman–Crippen LogP) is 3.02. The van der Waals surface area contributed by atoms with Gasteiger partial charge in [-0.3, -0.25) is 4.98 Å². The molecule has 0 radical (unpaired) electrons. The molecule has 0 aliphatic rings. The molecule has 0 bridgehead atoms. The van der Waals surface area contributed by atoms with E-state index in [0.717, 1.165) is 11.3 Å². The molecule has 0 spiro atoms. The summed E-state index contributed by atoms with van der Waals surface area (Å²) in [5.41, 5.74) is 4.76. The lowest BCUT2D eigenvalue weighted by atomic mass is 9.95. The molecular formula is C16H20N2O. The third kappa shape index (κ3) is 2.61. The molecule has 1 heterocycles. The molecule has 3 nitrogen and oxygen atoms in total. The van der Waals surface area contributed by atoms with Crippen LogP contribution in [0, 0.1) is 13.8 Å². The van der Waals surface area contributed by atoms with E-state index in [9.17, 15) is 0 Å². The lowest BCUT2D eigenvalue weighted by Gasteiger charge is -2.22. The summed E-state index contributed by atoms with van der Waals surface area (Å²) in [6, 6.07) is 8.42. The second-order valence-electron chi connectivity index (χ2n) is 4.63. The van der Waals surface area contributed by atoms with Crippen LogP contribution in [0.3, 0.4) is 0 Å². The van der Waals surface area contributed by atoms with E-state index in [-0.39, 0.29) is 6.04 Å².